The molecule has 3 aromatic rings. The first-order chi connectivity index (χ1) is 10.00. The first-order valence-electron chi connectivity index (χ1n) is 6.41. The van der Waals surface area contributed by atoms with Gasteiger partial charge in [0.2, 0.25) is 0 Å². The highest BCUT2D eigenvalue weighted by Crippen LogP contribution is 2.30. The van der Waals surface area contributed by atoms with E-state index < -0.39 is 10.0 Å². The quantitative estimate of drug-likeness (QED) is 0.743. The van der Waals surface area contributed by atoms with Crippen molar-refractivity contribution >= 4 is 21.4 Å². The lowest BCUT2D eigenvalue weighted by molar-refractivity contribution is 0.586. The molecule has 3 rings (SSSR count). The van der Waals surface area contributed by atoms with Crippen LogP contribution in [0.2, 0.25) is 0 Å². The third kappa shape index (κ3) is 2.41. The third-order valence-corrected chi connectivity index (χ3v) is 5.98. The highest BCUT2D eigenvalue weighted by atomic mass is 32.2. The van der Waals surface area contributed by atoms with Crippen LogP contribution in [0.25, 0.3) is 10.6 Å². The molecule has 0 atom stereocenters. The number of rotatable bonds is 3. The van der Waals surface area contributed by atoms with Crippen molar-refractivity contribution in [3.8, 4) is 10.6 Å². The third-order valence-electron chi connectivity index (χ3n) is 3.25. The molecule has 0 N–H and O–H groups in total. The van der Waals surface area contributed by atoms with Gasteiger partial charge in [-0.25, -0.2) is 17.4 Å². The molecule has 2 heterocycles. The maximum atomic E-state index is 12.7. The predicted octanol–water partition coefficient (Wildman–Crippen LogP) is 3.47. The zero-order chi connectivity index (χ0) is 15.0. The van der Waals surface area contributed by atoms with Crippen LogP contribution in [-0.2, 0) is 10.0 Å². The van der Waals surface area contributed by atoms with Crippen LogP contribution in [0.4, 0.5) is 0 Å². The lowest BCUT2D eigenvalue weighted by Crippen LogP contribution is -2.13. The van der Waals surface area contributed by atoms with E-state index in [-0.39, 0.29) is 4.90 Å². The van der Waals surface area contributed by atoms with Gasteiger partial charge in [0.15, 0.2) is 0 Å². The Morgan fingerprint density at radius 3 is 2.43 bits per heavy atom. The van der Waals surface area contributed by atoms with Gasteiger partial charge in [-0.1, -0.05) is 18.2 Å². The molecule has 4 nitrogen and oxygen atoms in total. The summed E-state index contributed by atoms with van der Waals surface area (Å²) in [6.07, 6.45) is 3.38. The molecule has 6 heteroatoms. The predicted molar refractivity (Wildman–Crippen MR) is 84.0 cm³/mol. The van der Waals surface area contributed by atoms with Crippen molar-refractivity contribution < 1.29 is 8.42 Å². The van der Waals surface area contributed by atoms with Crippen LogP contribution >= 0.6 is 11.3 Å². The fourth-order valence-corrected chi connectivity index (χ4v) is 4.41. The molecule has 0 aliphatic carbocycles. The number of nitrogens with zero attached hydrogens (tertiary/aromatic N) is 2. The Hall–Kier alpha value is -1.92. The van der Waals surface area contributed by atoms with E-state index in [0.29, 0.717) is 5.69 Å². The van der Waals surface area contributed by atoms with E-state index >= 15 is 0 Å². The molecule has 108 valence electrons. The van der Waals surface area contributed by atoms with Crippen molar-refractivity contribution in [3.05, 3.63) is 59.4 Å². The normalized spacial score (nSPS) is 11.7. The van der Waals surface area contributed by atoms with Crippen molar-refractivity contribution in [2.24, 2.45) is 0 Å². The molecule has 0 radical (unpaired) electrons. The first-order valence-corrected chi connectivity index (χ1v) is 8.67. The van der Waals surface area contributed by atoms with E-state index in [9.17, 15) is 8.42 Å². The second-order valence-electron chi connectivity index (χ2n) is 4.70. The molecule has 0 saturated carbocycles. The Bertz CT molecular complexity index is 878. The molecule has 0 unspecified atom stereocenters. The van der Waals surface area contributed by atoms with Crippen LogP contribution < -0.4 is 0 Å². The average molecular weight is 318 g/mol. The second kappa shape index (κ2) is 5.13. The molecule has 2 aromatic heterocycles. The lowest BCUT2D eigenvalue weighted by Gasteiger charge is -2.08. The van der Waals surface area contributed by atoms with Gasteiger partial charge in [-0.05, 0) is 32.0 Å². The summed E-state index contributed by atoms with van der Waals surface area (Å²) < 4.78 is 26.6. The van der Waals surface area contributed by atoms with E-state index in [4.69, 9.17) is 0 Å². The molecule has 1 aromatic carbocycles. The molecule has 0 saturated heterocycles. The summed E-state index contributed by atoms with van der Waals surface area (Å²) in [5.74, 6) is 0. The van der Waals surface area contributed by atoms with Crippen molar-refractivity contribution in [2.45, 2.75) is 18.7 Å². The summed E-state index contributed by atoms with van der Waals surface area (Å²) in [4.78, 5) is 5.71. The minimum absolute atomic E-state index is 0.283. The number of hydrogen-bond acceptors (Lipinski definition) is 4. The van der Waals surface area contributed by atoms with Gasteiger partial charge in [-0.3, -0.25) is 0 Å². The van der Waals surface area contributed by atoms with Crippen LogP contribution in [0.1, 0.15) is 10.6 Å². The van der Waals surface area contributed by atoms with Gasteiger partial charge in [-0.15, -0.1) is 11.3 Å². The van der Waals surface area contributed by atoms with Crippen molar-refractivity contribution in [2.75, 3.05) is 0 Å². The summed E-state index contributed by atoms with van der Waals surface area (Å²) in [6, 6.07) is 10.2. The molecule has 0 aliphatic heterocycles. The highest BCUT2D eigenvalue weighted by Gasteiger charge is 2.20. The average Bonchev–Trinajstić information content (AvgIpc) is 3.06. The van der Waals surface area contributed by atoms with Crippen LogP contribution in [0.5, 0.6) is 0 Å². The zero-order valence-electron chi connectivity index (χ0n) is 11.6. The number of hydrogen-bond donors (Lipinski definition) is 0. The van der Waals surface area contributed by atoms with Gasteiger partial charge in [0.1, 0.15) is 5.01 Å². The standard InChI is InChI=1S/C15H14N2O2S2/c1-11-10-16-15(20-11)14-8-9-17(12(14)2)21(18,19)13-6-4-3-5-7-13/h3-10H,1-2H3. The Morgan fingerprint density at radius 1 is 1.10 bits per heavy atom. The van der Waals surface area contributed by atoms with Crippen LogP contribution in [0, 0.1) is 13.8 Å². The number of aromatic nitrogens is 2. The van der Waals surface area contributed by atoms with Crippen LogP contribution in [-0.4, -0.2) is 17.4 Å². The fourth-order valence-electron chi connectivity index (χ4n) is 2.17. The summed E-state index contributed by atoms with van der Waals surface area (Å²) >= 11 is 1.56. The van der Waals surface area contributed by atoms with Gasteiger partial charge in [0.25, 0.3) is 10.0 Å². The summed E-state index contributed by atoms with van der Waals surface area (Å²) in [7, 11) is -3.56. The molecule has 0 aliphatic rings. The van der Waals surface area contributed by atoms with Crippen molar-refractivity contribution in [3.63, 3.8) is 0 Å². The monoisotopic (exact) mass is 318 g/mol. The van der Waals surface area contributed by atoms with Gasteiger partial charge in [-0.2, -0.15) is 0 Å². The van der Waals surface area contributed by atoms with Crippen molar-refractivity contribution in [1.29, 1.82) is 0 Å². The SMILES string of the molecule is Cc1cnc(-c2ccn(S(=O)(=O)c3ccccc3)c2C)s1. The van der Waals surface area contributed by atoms with E-state index in [1.165, 1.54) is 3.97 Å². The van der Waals surface area contributed by atoms with Gasteiger partial charge in [0, 0.05) is 28.5 Å². The number of benzene rings is 1. The fraction of sp³-hybridized carbons (Fsp3) is 0.133. The smallest absolute Gasteiger partial charge is 0.245 e. The molecule has 21 heavy (non-hydrogen) atoms. The van der Waals surface area contributed by atoms with E-state index in [1.807, 2.05) is 6.92 Å². The minimum Gasteiger partial charge on any atom is -0.245 e. The number of aryl methyl sites for hydroxylation is 1. The molecule has 0 spiro atoms. The van der Waals surface area contributed by atoms with Crippen LogP contribution in [0.15, 0.2) is 53.7 Å². The van der Waals surface area contributed by atoms with E-state index in [2.05, 4.69) is 4.98 Å². The van der Waals surface area contributed by atoms with E-state index in [0.717, 1.165) is 15.4 Å². The Kier molecular flexibility index (Phi) is 3.43. The Labute approximate surface area is 127 Å². The minimum atomic E-state index is -3.56. The molecule has 0 fully saturated rings. The summed E-state index contributed by atoms with van der Waals surface area (Å²) in [5, 5.41) is 0.840. The maximum absolute atomic E-state index is 12.7. The Balaban J connectivity index is 2.11. The Morgan fingerprint density at radius 2 is 1.81 bits per heavy atom. The highest BCUT2D eigenvalue weighted by molar-refractivity contribution is 7.90. The van der Waals surface area contributed by atoms with Gasteiger partial charge < -0.3 is 0 Å². The second-order valence-corrected chi connectivity index (χ2v) is 7.75. The van der Waals surface area contributed by atoms with Crippen molar-refractivity contribution in [1.82, 2.24) is 8.96 Å². The van der Waals surface area contributed by atoms with Gasteiger partial charge in [0.05, 0.1) is 4.90 Å². The summed E-state index contributed by atoms with van der Waals surface area (Å²) in [5.41, 5.74) is 1.53. The lowest BCUT2D eigenvalue weighted by atomic mass is 10.3. The molecule has 0 amide bonds. The molecular weight excluding hydrogens is 304 g/mol. The number of thiazole rings is 1. The largest absolute Gasteiger partial charge is 0.267 e. The van der Waals surface area contributed by atoms with Crippen LogP contribution in [0.3, 0.4) is 0 Å². The molecular formula is C15H14N2O2S2. The first kappa shape index (κ1) is 14.0. The maximum Gasteiger partial charge on any atom is 0.267 e. The van der Waals surface area contributed by atoms with Gasteiger partial charge >= 0.3 is 0 Å². The van der Waals surface area contributed by atoms with E-state index in [1.54, 1.807) is 67.1 Å². The topological polar surface area (TPSA) is 52.0 Å². The molecule has 0 bridgehead atoms. The summed E-state index contributed by atoms with van der Waals surface area (Å²) in [6.45, 7) is 3.78. The zero-order valence-corrected chi connectivity index (χ0v) is 13.3.